The number of carbonyl (C=O) groups excluding carboxylic acids is 2. The number of benzene rings is 2. The molecular weight excluding hydrogens is 488 g/mol. The lowest BCUT2D eigenvalue weighted by Gasteiger charge is -2.42. The molecule has 2 N–H and O–H groups in total. The molecule has 2 amide bonds. The van der Waals surface area contributed by atoms with Crippen molar-refractivity contribution in [3.8, 4) is 11.5 Å². The van der Waals surface area contributed by atoms with Crippen LogP contribution in [0.4, 0.5) is 5.69 Å². The highest BCUT2D eigenvalue weighted by molar-refractivity contribution is 7.10. The zero-order valence-electron chi connectivity index (χ0n) is 21.5. The fourth-order valence-corrected chi connectivity index (χ4v) is 5.57. The van der Waals surface area contributed by atoms with Crippen molar-refractivity contribution in [2.75, 3.05) is 45.3 Å². The maximum Gasteiger partial charge on any atom is 0.309 e. The van der Waals surface area contributed by atoms with Crippen molar-refractivity contribution < 1.29 is 19.1 Å². The van der Waals surface area contributed by atoms with E-state index >= 15 is 0 Å². The van der Waals surface area contributed by atoms with Gasteiger partial charge in [0, 0.05) is 49.3 Å². The number of thiophene rings is 1. The Bertz CT molecular complexity index is 1140. The minimum Gasteiger partial charge on any atom is -0.497 e. The third-order valence-corrected chi connectivity index (χ3v) is 7.57. The summed E-state index contributed by atoms with van der Waals surface area (Å²) < 4.78 is 10.4. The summed E-state index contributed by atoms with van der Waals surface area (Å²) in [6, 6.07) is 19.3. The van der Waals surface area contributed by atoms with Crippen LogP contribution in [0.1, 0.15) is 23.4 Å². The van der Waals surface area contributed by atoms with Crippen LogP contribution >= 0.6 is 11.3 Å². The Morgan fingerprint density at radius 1 is 0.892 bits per heavy atom. The summed E-state index contributed by atoms with van der Waals surface area (Å²) >= 11 is 1.67. The van der Waals surface area contributed by atoms with E-state index in [-0.39, 0.29) is 18.6 Å². The van der Waals surface area contributed by atoms with E-state index in [1.54, 1.807) is 25.6 Å². The molecule has 1 fully saturated rings. The zero-order chi connectivity index (χ0) is 26.2. The SMILES string of the molecule is COc1ccc(CNC(=O)C(=O)N[C@@H](C)[C@H](c2cccs2)N2CCN(c3ccc(OC)cc3)CC2)cc1. The molecule has 1 aliphatic rings. The number of rotatable bonds is 9. The number of hydrogen-bond acceptors (Lipinski definition) is 7. The molecule has 0 bridgehead atoms. The molecule has 2 aromatic carbocycles. The van der Waals surface area contributed by atoms with E-state index < -0.39 is 11.8 Å². The van der Waals surface area contributed by atoms with Crippen molar-refractivity contribution in [1.29, 1.82) is 0 Å². The largest absolute Gasteiger partial charge is 0.497 e. The first-order valence-electron chi connectivity index (χ1n) is 12.4. The minimum atomic E-state index is -0.642. The lowest BCUT2D eigenvalue weighted by molar-refractivity contribution is -0.140. The number of anilines is 1. The predicted molar refractivity (Wildman–Crippen MR) is 146 cm³/mol. The number of nitrogens with zero attached hydrogens (tertiary/aromatic N) is 2. The Kier molecular flexibility index (Phi) is 9.03. The van der Waals surface area contributed by atoms with Crippen molar-refractivity contribution in [1.82, 2.24) is 15.5 Å². The Morgan fingerprint density at radius 2 is 1.51 bits per heavy atom. The van der Waals surface area contributed by atoms with Crippen molar-refractivity contribution in [2.24, 2.45) is 0 Å². The summed E-state index contributed by atoms with van der Waals surface area (Å²) in [5.41, 5.74) is 2.06. The van der Waals surface area contributed by atoms with Crippen LogP contribution in [0.5, 0.6) is 11.5 Å². The molecular formula is C28H34N4O4S. The van der Waals surface area contributed by atoms with Gasteiger partial charge in [0.15, 0.2) is 0 Å². The van der Waals surface area contributed by atoms with Gasteiger partial charge >= 0.3 is 11.8 Å². The van der Waals surface area contributed by atoms with Crippen molar-refractivity contribution in [3.63, 3.8) is 0 Å². The molecule has 0 spiro atoms. The molecule has 1 saturated heterocycles. The second kappa shape index (κ2) is 12.6. The predicted octanol–water partition coefficient (Wildman–Crippen LogP) is 3.45. The molecule has 9 heteroatoms. The quantitative estimate of drug-likeness (QED) is 0.419. The third-order valence-electron chi connectivity index (χ3n) is 6.63. The second-order valence-electron chi connectivity index (χ2n) is 8.97. The van der Waals surface area contributed by atoms with Gasteiger partial charge in [-0.1, -0.05) is 18.2 Å². The Balaban J connectivity index is 1.34. The molecule has 0 aliphatic carbocycles. The van der Waals surface area contributed by atoms with Crippen molar-refractivity contribution >= 4 is 28.8 Å². The monoisotopic (exact) mass is 522 g/mol. The summed E-state index contributed by atoms with van der Waals surface area (Å²) in [7, 11) is 3.27. The van der Waals surface area contributed by atoms with Crippen LogP contribution in [0.25, 0.3) is 0 Å². The van der Waals surface area contributed by atoms with Gasteiger partial charge in [0.2, 0.25) is 0 Å². The molecule has 3 aromatic rings. The van der Waals surface area contributed by atoms with Crippen LogP contribution in [0, 0.1) is 0 Å². The number of piperazine rings is 1. The van der Waals surface area contributed by atoms with Crippen LogP contribution < -0.4 is 25.0 Å². The molecule has 0 radical (unpaired) electrons. The number of methoxy groups -OCH3 is 2. The van der Waals surface area contributed by atoms with E-state index in [4.69, 9.17) is 9.47 Å². The second-order valence-corrected chi connectivity index (χ2v) is 9.95. The van der Waals surface area contributed by atoms with E-state index in [0.29, 0.717) is 0 Å². The molecule has 2 heterocycles. The lowest BCUT2D eigenvalue weighted by Crippen LogP contribution is -2.53. The average molecular weight is 523 g/mol. The topological polar surface area (TPSA) is 83.1 Å². The highest BCUT2D eigenvalue weighted by atomic mass is 32.1. The zero-order valence-corrected chi connectivity index (χ0v) is 22.3. The van der Waals surface area contributed by atoms with Gasteiger partial charge in [-0.3, -0.25) is 14.5 Å². The third kappa shape index (κ3) is 6.81. The molecule has 1 aliphatic heterocycles. The normalized spacial score (nSPS) is 15.5. The molecule has 2 atom stereocenters. The first-order chi connectivity index (χ1) is 18.0. The van der Waals surface area contributed by atoms with Gasteiger partial charge in [0.05, 0.1) is 20.3 Å². The highest BCUT2D eigenvalue weighted by Gasteiger charge is 2.32. The summed E-state index contributed by atoms with van der Waals surface area (Å²) in [5, 5.41) is 7.70. The van der Waals surface area contributed by atoms with Gasteiger partial charge < -0.3 is 25.0 Å². The number of hydrogen-bond donors (Lipinski definition) is 2. The summed E-state index contributed by atoms with van der Waals surface area (Å²) in [5.74, 6) is 0.320. The molecule has 37 heavy (non-hydrogen) atoms. The number of amides is 2. The van der Waals surface area contributed by atoms with Crippen LogP contribution in [-0.2, 0) is 16.1 Å². The smallest absolute Gasteiger partial charge is 0.309 e. The molecule has 0 unspecified atom stereocenters. The summed E-state index contributed by atoms with van der Waals surface area (Å²) in [4.78, 5) is 31.2. The van der Waals surface area contributed by atoms with E-state index in [9.17, 15) is 9.59 Å². The van der Waals surface area contributed by atoms with E-state index in [2.05, 4.69) is 38.6 Å². The van der Waals surface area contributed by atoms with Gasteiger partial charge in [-0.05, 0) is 60.3 Å². The van der Waals surface area contributed by atoms with Gasteiger partial charge in [-0.2, -0.15) is 0 Å². The number of nitrogens with one attached hydrogen (secondary N) is 2. The first kappa shape index (κ1) is 26.5. The maximum absolute atomic E-state index is 12.7. The van der Waals surface area contributed by atoms with Crippen LogP contribution in [0.15, 0.2) is 66.0 Å². The van der Waals surface area contributed by atoms with Crippen molar-refractivity contribution in [3.05, 3.63) is 76.5 Å². The van der Waals surface area contributed by atoms with Gasteiger partial charge in [-0.15, -0.1) is 11.3 Å². The molecule has 4 rings (SSSR count). The first-order valence-corrected chi connectivity index (χ1v) is 13.2. The van der Waals surface area contributed by atoms with Gasteiger partial charge in [0.25, 0.3) is 0 Å². The minimum absolute atomic E-state index is 0.0173. The summed E-state index contributed by atoms with van der Waals surface area (Å²) in [6.07, 6.45) is 0. The summed E-state index contributed by atoms with van der Waals surface area (Å²) in [6.45, 7) is 5.67. The fraction of sp³-hybridized carbons (Fsp3) is 0.357. The molecule has 0 saturated carbocycles. The standard InChI is InChI=1S/C28H34N4O4S/c1-20(30-28(34)27(33)29-19-21-6-10-23(35-2)11-7-21)26(25-5-4-18-37-25)32-16-14-31(15-17-32)22-8-12-24(36-3)13-9-22/h4-13,18,20,26H,14-17,19H2,1-3H3,(H,29,33)(H,30,34)/t20-,26+/m0/s1. The van der Waals surface area contributed by atoms with Crippen molar-refractivity contribution in [2.45, 2.75) is 25.6 Å². The molecule has 1 aromatic heterocycles. The van der Waals surface area contributed by atoms with Crippen LogP contribution in [0.2, 0.25) is 0 Å². The molecule has 8 nitrogen and oxygen atoms in total. The Hall–Kier alpha value is -3.56. The lowest BCUT2D eigenvalue weighted by atomic mass is 10.0. The highest BCUT2D eigenvalue weighted by Crippen LogP contribution is 2.30. The van der Waals surface area contributed by atoms with E-state index in [0.717, 1.165) is 43.2 Å². The van der Waals surface area contributed by atoms with Gasteiger partial charge in [0.1, 0.15) is 11.5 Å². The molecule has 196 valence electrons. The van der Waals surface area contributed by atoms with E-state index in [1.807, 2.05) is 54.8 Å². The van der Waals surface area contributed by atoms with E-state index in [1.165, 1.54) is 10.6 Å². The average Bonchev–Trinajstić information content (AvgIpc) is 3.47. The van der Waals surface area contributed by atoms with Crippen LogP contribution in [-0.4, -0.2) is 63.2 Å². The number of carbonyl (C=O) groups is 2. The Morgan fingerprint density at radius 3 is 2.08 bits per heavy atom. The number of ether oxygens (including phenoxy) is 2. The maximum atomic E-state index is 12.7. The van der Waals surface area contributed by atoms with Crippen LogP contribution in [0.3, 0.4) is 0 Å². The fourth-order valence-electron chi connectivity index (χ4n) is 4.61. The van der Waals surface area contributed by atoms with Gasteiger partial charge in [-0.25, -0.2) is 0 Å². The Labute approximate surface area is 222 Å².